The van der Waals surface area contributed by atoms with Gasteiger partial charge in [-0.25, -0.2) is 14.8 Å². The van der Waals surface area contributed by atoms with E-state index in [-0.39, 0.29) is 11.9 Å². The van der Waals surface area contributed by atoms with Crippen molar-refractivity contribution in [1.29, 1.82) is 0 Å². The van der Waals surface area contributed by atoms with Gasteiger partial charge in [0.25, 0.3) is 0 Å². The molecule has 1 atom stereocenters. The third-order valence-corrected chi connectivity index (χ3v) is 2.91. The summed E-state index contributed by atoms with van der Waals surface area (Å²) in [6.45, 7) is 5.70. The van der Waals surface area contributed by atoms with Crippen molar-refractivity contribution < 1.29 is 14.1 Å². The maximum atomic E-state index is 11.4. The maximum absolute atomic E-state index is 11.4. The fourth-order valence-electron chi connectivity index (χ4n) is 2.03. The van der Waals surface area contributed by atoms with Gasteiger partial charge in [0.15, 0.2) is 0 Å². The van der Waals surface area contributed by atoms with E-state index in [1.54, 1.807) is 6.07 Å². The molecule has 0 saturated heterocycles. The number of carbonyl (C=O) groups is 1. The molecule has 7 nitrogen and oxygen atoms in total. The molecule has 0 amide bonds. The van der Waals surface area contributed by atoms with Gasteiger partial charge in [-0.3, -0.25) is 0 Å². The zero-order chi connectivity index (χ0) is 14.7. The maximum Gasteiger partial charge on any atom is 0.376 e. The third kappa shape index (κ3) is 2.76. The lowest BCUT2D eigenvalue weighted by molar-refractivity contribution is 0.0587. The Morgan fingerprint density at radius 3 is 2.80 bits per heavy atom. The van der Waals surface area contributed by atoms with Crippen LogP contribution in [0, 0.1) is 13.8 Å². The first-order chi connectivity index (χ1) is 9.52. The van der Waals surface area contributed by atoms with Gasteiger partial charge < -0.3 is 14.6 Å². The molecule has 1 unspecified atom stereocenters. The standard InChI is InChI=1S/C13H16N4O3/c1-7(11-8(2)17-20-9(11)3)15-10-5-6-14-12(16-10)13(18)19-4/h5-7H,1-4H3,(H,14,15,16). The highest BCUT2D eigenvalue weighted by Gasteiger charge is 2.17. The Morgan fingerprint density at radius 2 is 2.20 bits per heavy atom. The van der Waals surface area contributed by atoms with E-state index in [2.05, 4.69) is 25.2 Å². The Balaban J connectivity index is 2.20. The molecule has 0 aromatic carbocycles. The number of ether oxygens (including phenoxy) is 1. The number of hydrogen-bond acceptors (Lipinski definition) is 7. The average molecular weight is 276 g/mol. The Morgan fingerprint density at radius 1 is 1.45 bits per heavy atom. The van der Waals surface area contributed by atoms with Gasteiger partial charge in [0, 0.05) is 11.8 Å². The van der Waals surface area contributed by atoms with Crippen LogP contribution in [0.3, 0.4) is 0 Å². The van der Waals surface area contributed by atoms with Crippen molar-refractivity contribution in [2.24, 2.45) is 0 Å². The molecule has 2 aromatic rings. The second-order valence-corrected chi connectivity index (χ2v) is 4.36. The predicted octanol–water partition coefficient (Wildman–Crippen LogP) is 2.04. The van der Waals surface area contributed by atoms with Crippen LogP contribution in [0.1, 0.15) is 40.6 Å². The number of aryl methyl sites for hydroxylation is 2. The van der Waals surface area contributed by atoms with Crippen LogP contribution in [-0.4, -0.2) is 28.2 Å². The monoisotopic (exact) mass is 276 g/mol. The van der Waals surface area contributed by atoms with Crippen LogP contribution in [0.2, 0.25) is 0 Å². The topological polar surface area (TPSA) is 90.1 Å². The molecular weight excluding hydrogens is 260 g/mol. The van der Waals surface area contributed by atoms with Crippen LogP contribution in [0.15, 0.2) is 16.8 Å². The van der Waals surface area contributed by atoms with Crippen molar-refractivity contribution in [2.75, 3.05) is 12.4 Å². The van der Waals surface area contributed by atoms with Gasteiger partial charge in [-0.1, -0.05) is 5.16 Å². The number of carbonyl (C=O) groups excluding carboxylic acids is 1. The minimum absolute atomic E-state index is 0.0171. The van der Waals surface area contributed by atoms with Crippen LogP contribution < -0.4 is 5.32 Å². The molecule has 0 fully saturated rings. The minimum atomic E-state index is -0.571. The summed E-state index contributed by atoms with van der Waals surface area (Å²) < 4.78 is 9.73. The molecule has 2 rings (SSSR count). The summed E-state index contributed by atoms with van der Waals surface area (Å²) in [5.41, 5.74) is 1.80. The largest absolute Gasteiger partial charge is 0.463 e. The highest BCUT2D eigenvalue weighted by Crippen LogP contribution is 2.24. The molecule has 0 spiro atoms. The summed E-state index contributed by atoms with van der Waals surface area (Å²) in [6.07, 6.45) is 1.50. The highest BCUT2D eigenvalue weighted by atomic mass is 16.5. The number of hydrogen-bond donors (Lipinski definition) is 1. The molecule has 2 heterocycles. The summed E-state index contributed by atoms with van der Waals surface area (Å²) >= 11 is 0. The Kier molecular flexibility index (Phi) is 3.97. The smallest absolute Gasteiger partial charge is 0.376 e. The number of aromatic nitrogens is 3. The van der Waals surface area contributed by atoms with Crippen molar-refractivity contribution in [3.8, 4) is 0 Å². The van der Waals surface area contributed by atoms with Gasteiger partial charge >= 0.3 is 5.97 Å². The van der Waals surface area contributed by atoms with E-state index in [9.17, 15) is 4.79 Å². The van der Waals surface area contributed by atoms with Gasteiger partial charge in [0.05, 0.1) is 18.8 Å². The lowest BCUT2D eigenvalue weighted by atomic mass is 10.1. The summed E-state index contributed by atoms with van der Waals surface area (Å²) in [6, 6.07) is 1.63. The summed E-state index contributed by atoms with van der Waals surface area (Å²) in [4.78, 5) is 19.4. The zero-order valence-corrected chi connectivity index (χ0v) is 11.8. The Bertz CT molecular complexity index is 604. The predicted molar refractivity (Wildman–Crippen MR) is 71.4 cm³/mol. The molecule has 20 heavy (non-hydrogen) atoms. The number of nitrogens with zero attached hydrogens (tertiary/aromatic N) is 3. The zero-order valence-electron chi connectivity index (χ0n) is 11.8. The van der Waals surface area contributed by atoms with E-state index in [0.29, 0.717) is 5.82 Å². The summed E-state index contributed by atoms with van der Waals surface area (Å²) in [7, 11) is 1.29. The third-order valence-electron chi connectivity index (χ3n) is 2.91. The van der Waals surface area contributed by atoms with Gasteiger partial charge in [-0.05, 0) is 26.8 Å². The molecular formula is C13H16N4O3. The van der Waals surface area contributed by atoms with Crippen molar-refractivity contribution in [1.82, 2.24) is 15.1 Å². The quantitative estimate of drug-likeness (QED) is 0.854. The van der Waals surface area contributed by atoms with Crippen LogP contribution in [-0.2, 0) is 4.74 Å². The van der Waals surface area contributed by atoms with Gasteiger partial charge in [0.1, 0.15) is 11.6 Å². The number of anilines is 1. The van der Waals surface area contributed by atoms with E-state index in [4.69, 9.17) is 4.52 Å². The van der Waals surface area contributed by atoms with Crippen molar-refractivity contribution in [3.63, 3.8) is 0 Å². The Labute approximate surface area is 116 Å². The number of nitrogens with one attached hydrogen (secondary N) is 1. The first-order valence-corrected chi connectivity index (χ1v) is 6.13. The van der Waals surface area contributed by atoms with Crippen molar-refractivity contribution >= 4 is 11.8 Å². The van der Waals surface area contributed by atoms with E-state index in [1.807, 2.05) is 20.8 Å². The average Bonchev–Trinajstić information content (AvgIpc) is 2.77. The molecule has 1 N–H and O–H groups in total. The molecule has 0 radical (unpaired) electrons. The molecule has 0 aliphatic heterocycles. The number of methoxy groups -OCH3 is 1. The number of esters is 1. The van der Waals surface area contributed by atoms with E-state index >= 15 is 0 Å². The minimum Gasteiger partial charge on any atom is -0.463 e. The lowest BCUT2D eigenvalue weighted by Gasteiger charge is -2.14. The van der Waals surface area contributed by atoms with Gasteiger partial charge in [0.2, 0.25) is 5.82 Å². The molecule has 0 saturated carbocycles. The van der Waals surface area contributed by atoms with E-state index < -0.39 is 5.97 Å². The van der Waals surface area contributed by atoms with Crippen molar-refractivity contribution in [3.05, 3.63) is 35.1 Å². The fourth-order valence-corrected chi connectivity index (χ4v) is 2.03. The second kappa shape index (κ2) is 5.68. The SMILES string of the molecule is COC(=O)c1nccc(NC(C)c2c(C)noc2C)n1. The normalized spacial score (nSPS) is 12.0. The van der Waals surface area contributed by atoms with Crippen LogP contribution in [0.25, 0.3) is 0 Å². The van der Waals surface area contributed by atoms with Crippen LogP contribution >= 0.6 is 0 Å². The first kappa shape index (κ1) is 14.0. The molecule has 2 aromatic heterocycles. The number of rotatable bonds is 4. The van der Waals surface area contributed by atoms with Crippen LogP contribution in [0.5, 0.6) is 0 Å². The van der Waals surface area contributed by atoms with Gasteiger partial charge in [-0.15, -0.1) is 0 Å². The van der Waals surface area contributed by atoms with Crippen LogP contribution in [0.4, 0.5) is 5.82 Å². The fraction of sp³-hybridized carbons (Fsp3) is 0.385. The molecule has 0 aliphatic carbocycles. The summed E-state index contributed by atoms with van der Waals surface area (Å²) in [5.74, 6) is 0.736. The second-order valence-electron chi connectivity index (χ2n) is 4.36. The van der Waals surface area contributed by atoms with E-state index in [1.165, 1.54) is 13.3 Å². The van der Waals surface area contributed by atoms with E-state index in [0.717, 1.165) is 17.0 Å². The molecule has 0 bridgehead atoms. The van der Waals surface area contributed by atoms with Gasteiger partial charge in [-0.2, -0.15) is 0 Å². The van der Waals surface area contributed by atoms with Crippen molar-refractivity contribution in [2.45, 2.75) is 26.8 Å². The Hall–Kier alpha value is -2.44. The first-order valence-electron chi connectivity index (χ1n) is 6.13. The highest BCUT2D eigenvalue weighted by molar-refractivity contribution is 5.85. The molecule has 106 valence electrons. The molecule has 7 heteroatoms. The molecule has 0 aliphatic rings. The lowest BCUT2D eigenvalue weighted by Crippen LogP contribution is -2.13. The summed E-state index contributed by atoms with van der Waals surface area (Å²) in [5, 5.41) is 7.10.